The number of nitrogens with one attached hydrogen (secondary N) is 3. The van der Waals surface area contributed by atoms with E-state index in [9.17, 15) is 10.1 Å². The number of H-pyrrole nitrogens is 1. The normalized spacial score (nSPS) is 10.7. The number of imidazole rings is 1. The summed E-state index contributed by atoms with van der Waals surface area (Å²) in [7, 11) is 0. The van der Waals surface area contributed by atoms with Crippen LogP contribution in [-0.2, 0) is 0 Å². The minimum absolute atomic E-state index is 0.0222. The summed E-state index contributed by atoms with van der Waals surface area (Å²) in [4.78, 5) is 18.1. The lowest BCUT2D eigenvalue weighted by Gasteiger charge is -2.11. The Kier molecular flexibility index (Phi) is 5.11. The zero-order valence-corrected chi connectivity index (χ0v) is 16.4. The molecule has 29 heavy (non-hydrogen) atoms. The topological polar surface area (TPSA) is 95.9 Å². The second kappa shape index (κ2) is 7.86. The molecule has 144 valence electrons. The minimum atomic E-state index is -0.429. The Morgan fingerprint density at radius 3 is 2.24 bits per heavy atom. The quantitative estimate of drug-likeness (QED) is 0.224. The van der Waals surface area contributed by atoms with Crippen LogP contribution < -0.4 is 10.6 Å². The maximum Gasteiger partial charge on any atom is 0.271 e. The van der Waals surface area contributed by atoms with E-state index in [2.05, 4.69) is 20.6 Å². The van der Waals surface area contributed by atoms with Gasteiger partial charge in [-0.1, -0.05) is 11.6 Å². The molecule has 0 saturated carbocycles. The zero-order valence-electron chi connectivity index (χ0n) is 14.8. The van der Waals surface area contributed by atoms with Crippen molar-refractivity contribution in [2.24, 2.45) is 0 Å². The average molecular weight is 424 g/mol. The van der Waals surface area contributed by atoms with Crippen LogP contribution in [-0.4, -0.2) is 20.0 Å². The summed E-state index contributed by atoms with van der Waals surface area (Å²) in [5, 5.41) is 18.2. The van der Waals surface area contributed by atoms with E-state index in [4.69, 9.17) is 23.8 Å². The predicted molar refractivity (Wildman–Crippen MR) is 119 cm³/mol. The molecule has 4 aromatic rings. The van der Waals surface area contributed by atoms with Gasteiger partial charge in [0.1, 0.15) is 5.82 Å². The first-order chi connectivity index (χ1) is 14.0. The molecule has 1 heterocycles. The van der Waals surface area contributed by atoms with Gasteiger partial charge in [0, 0.05) is 34.1 Å². The second-order valence-corrected chi connectivity index (χ2v) is 7.05. The molecule has 7 nitrogen and oxygen atoms in total. The number of nitrogens with zero attached hydrogens (tertiary/aromatic N) is 2. The maximum atomic E-state index is 10.9. The molecule has 0 atom stereocenters. The van der Waals surface area contributed by atoms with Crippen LogP contribution in [0.25, 0.3) is 22.4 Å². The number of hydrogen-bond donors (Lipinski definition) is 3. The van der Waals surface area contributed by atoms with Crippen molar-refractivity contribution < 1.29 is 4.92 Å². The summed E-state index contributed by atoms with van der Waals surface area (Å²) >= 11 is 11.2. The lowest BCUT2D eigenvalue weighted by Crippen LogP contribution is -2.18. The first kappa shape index (κ1) is 18.9. The van der Waals surface area contributed by atoms with Crippen LogP contribution >= 0.6 is 23.8 Å². The Labute approximate surface area is 175 Å². The summed E-state index contributed by atoms with van der Waals surface area (Å²) in [5.74, 6) is 0.633. The SMILES string of the molecule is O=[N+]([O-])c1ccc2nc(-c3ccc(NC(=S)Nc4ccc(Cl)cc4)cc3)[nH]c2c1. The third kappa shape index (κ3) is 4.34. The van der Waals surface area contributed by atoms with Gasteiger partial charge >= 0.3 is 0 Å². The van der Waals surface area contributed by atoms with E-state index in [-0.39, 0.29) is 5.69 Å². The number of rotatable bonds is 4. The first-order valence-electron chi connectivity index (χ1n) is 8.56. The van der Waals surface area contributed by atoms with Crippen LogP contribution in [0.1, 0.15) is 0 Å². The highest BCUT2D eigenvalue weighted by Gasteiger charge is 2.11. The molecule has 0 aliphatic carbocycles. The van der Waals surface area contributed by atoms with E-state index in [1.807, 2.05) is 36.4 Å². The molecule has 0 spiro atoms. The highest BCUT2D eigenvalue weighted by molar-refractivity contribution is 7.80. The number of anilines is 2. The number of non-ortho nitro benzene ring substituents is 1. The highest BCUT2D eigenvalue weighted by Crippen LogP contribution is 2.25. The number of hydrogen-bond acceptors (Lipinski definition) is 4. The van der Waals surface area contributed by atoms with Crippen LogP contribution in [0.2, 0.25) is 5.02 Å². The number of nitro groups is 1. The van der Waals surface area contributed by atoms with Crippen LogP contribution in [0.4, 0.5) is 17.1 Å². The molecule has 0 fully saturated rings. The second-order valence-electron chi connectivity index (χ2n) is 6.21. The third-order valence-corrected chi connectivity index (χ3v) is 4.65. The monoisotopic (exact) mass is 423 g/mol. The van der Waals surface area contributed by atoms with E-state index in [0.29, 0.717) is 27.0 Å². The fourth-order valence-electron chi connectivity index (χ4n) is 2.79. The molecule has 4 rings (SSSR count). The molecule has 3 N–H and O–H groups in total. The molecule has 0 amide bonds. The Balaban J connectivity index is 1.47. The maximum absolute atomic E-state index is 10.9. The van der Waals surface area contributed by atoms with Gasteiger partial charge in [-0.05, 0) is 66.8 Å². The van der Waals surface area contributed by atoms with Gasteiger partial charge in [-0.15, -0.1) is 0 Å². The van der Waals surface area contributed by atoms with E-state index in [1.165, 1.54) is 12.1 Å². The predicted octanol–water partition coefficient (Wildman–Crippen LogP) is 5.60. The van der Waals surface area contributed by atoms with Crippen molar-refractivity contribution in [3.63, 3.8) is 0 Å². The van der Waals surface area contributed by atoms with Gasteiger partial charge in [0.15, 0.2) is 5.11 Å². The van der Waals surface area contributed by atoms with E-state index in [1.54, 1.807) is 18.2 Å². The van der Waals surface area contributed by atoms with E-state index < -0.39 is 4.92 Å². The zero-order chi connectivity index (χ0) is 20.4. The van der Waals surface area contributed by atoms with Crippen LogP contribution in [0.5, 0.6) is 0 Å². The Bertz CT molecular complexity index is 1210. The Hall–Kier alpha value is -3.49. The first-order valence-corrected chi connectivity index (χ1v) is 9.35. The molecule has 0 aliphatic rings. The lowest BCUT2D eigenvalue weighted by atomic mass is 10.2. The minimum Gasteiger partial charge on any atom is -0.338 e. The van der Waals surface area contributed by atoms with E-state index >= 15 is 0 Å². The smallest absolute Gasteiger partial charge is 0.271 e. The van der Waals surface area contributed by atoms with Crippen LogP contribution in [0, 0.1) is 10.1 Å². The van der Waals surface area contributed by atoms with Crippen molar-refractivity contribution >= 4 is 57.0 Å². The largest absolute Gasteiger partial charge is 0.338 e. The van der Waals surface area contributed by atoms with Gasteiger partial charge in [-0.3, -0.25) is 10.1 Å². The number of benzene rings is 3. The van der Waals surface area contributed by atoms with Crippen molar-refractivity contribution in [1.29, 1.82) is 0 Å². The van der Waals surface area contributed by atoms with Crippen molar-refractivity contribution in [2.45, 2.75) is 0 Å². The fourth-order valence-corrected chi connectivity index (χ4v) is 3.15. The summed E-state index contributed by atoms with van der Waals surface area (Å²) < 4.78 is 0. The molecule has 0 unspecified atom stereocenters. The van der Waals surface area contributed by atoms with Crippen LogP contribution in [0.3, 0.4) is 0 Å². The van der Waals surface area contributed by atoms with Crippen molar-refractivity contribution in [2.75, 3.05) is 10.6 Å². The lowest BCUT2D eigenvalue weighted by molar-refractivity contribution is -0.384. The van der Waals surface area contributed by atoms with Crippen molar-refractivity contribution in [3.05, 3.63) is 81.9 Å². The van der Waals surface area contributed by atoms with E-state index in [0.717, 1.165) is 16.9 Å². The average Bonchev–Trinajstić information content (AvgIpc) is 3.13. The number of thiocarbonyl (C=S) groups is 1. The molecule has 0 saturated heterocycles. The van der Waals surface area contributed by atoms with Gasteiger partial charge in [0.05, 0.1) is 16.0 Å². The summed E-state index contributed by atoms with van der Waals surface area (Å²) in [6.07, 6.45) is 0. The number of nitro benzene ring substituents is 1. The molecule has 0 aliphatic heterocycles. The number of aromatic nitrogens is 2. The molecule has 0 radical (unpaired) electrons. The van der Waals surface area contributed by atoms with Crippen LogP contribution in [0.15, 0.2) is 66.7 Å². The summed E-state index contributed by atoms with van der Waals surface area (Å²) in [5.41, 5.74) is 3.80. The number of fused-ring (bicyclic) bond motifs is 1. The third-order valence-electron chi connectivity index (χ3n) is 4.19. The molecule has 1 aromatic heterocycles. The highest BCUT2D eigenvalue weighted by atomic mass is 35.5. The van der Waals surface area contributed by atoms with Gasteiger partial charge in [-0.2, -0.15) is 0 Å². The van der Waals surface area contributed by atoms with Crippen molar-refractivity contribution in [1.82, 2.24) is 9.97 Å². The summed E-state index contributed by atoms with van der Waals surface area (Å²) in [6.45, 7) is 0. The Morgan fingerprint density at radius 1 is 1.00 bits per heavy atom. The van der Waals surface area contributed by atoms with Gasteiger partial charge in [0.2, 0.25) is 0 Å². The molecule has 9 heteroatoms. The van der Waals surface area contributed by atoms with Gasteiger partial charge in [0.25, 0.3) is 5.69 Å². The van der Waals surface area contributed by atoms with Crippen molar-refractivity contribution in [3.8, 4) is 11.4 Å². The molecular formula is C20H14ClN5O2S. The van der Waals surface area contributed by atoms with Gasteiger partial charge < -0.3 is 15.6 Å². The number of aromatic amines is 1. The fraction of sp³-hybridized carbons (Fsp3) is 0. The standard InChI is InChI=1S/C20H14ClN5O2S/c21-13-3-7-15(8-4-13)23-20(29)22-14-5-1-12(2-6-14)19-24-17-10-9-16(26(27)28)11-18(17)25-19/h1-11H,(H,24,25)(H2,22,23,29). The summed E-state index contributed by atoms with van der Waals surface area (Å²) in [6, 6.07) is 19.3. The molecule has 0 bridgehead atoms. The molecule has 3 aromatic carbocycles. The number of halogens is 1. The Morgan fingerprint density at radius 2 is 1.62 bits per heavy atom. The molecular weight excluding hydrogens is 410 g/mol. The van der Waals surface area contributed by atoms with Gasteiger partial charge in [-0.25, -0.2) is 4.98 Å².